The molecule has 1 saturated carbocycles. The number of aromatic carboxylic acids is 1. The molecule has 0 unspecified atom stereocenters. The zero-order chi connectivity index (χ0) is 26.1. The normalized spacial score (nSPS) is 19.4. The van der Waals surface area contributed by atoms with Gasteiger partial charge in [0.25, 0.3) is 0 Å². The lowest BCUT2D eigenvalue weighted by atomic mass is 9.86. The number of nitrogens with one attached hydrogen (secondary N) is 3. The second-order valence-corrected chi connectivity index (χ2v) is 10.5. The average molecular weight is 527 g/mol. The van der Waals surface area contributed by atoms with Crippen molar-refractivity contribution in [3.8, 4) is 0 Å². The molecule has 1 fully saturated rings. The maximum atomic E-state index is 14.8. The molecule has 0 atom stereocenters. The minimum atomic E-state index is -1.36. The number of aryl methyl sites for hydroxylation is 1. The Morgan fingerprint density at radius 3 is 2.78 bits per heavy atom. The first-order valence-corrected chi connectivity index (χ1v) is 13.1. The molecule has 1 aliphatic carbocycles. The zero-order valence-electron chi connectivity index (χ0n) is 20.2. The first kappa shape index (κ1) is 25.2. The Bertz CT molecular complexity index is 1440. The molecule has 0 spiro atoms. The van der Waals surface area contributed by atoms with E-state index in [0.717, 1.165) is 48.9 Å². The summed E-state index contributed by atoms with van der Waals surface area (Å²) in [6, 6.07) is 5.08. The molecule has 12 heteroatoms. The molecule has 10 nitrogen and oxygen atoms in total. The van der Waals surface area contributed by atoms with Crippen LogP contribution < -0.4 is 21.4 Å². The molecule has 3 aromatic heterocycles. The van der Waals surface area contributed by atoms with E-state index in [1.165, 1.54) is 22.5 Å². The third-order valence-corrected chi connectivity index (χ3v) is 7.84. The van der Waals surface area contributed by atoms with Crippen LogP contribution in [0.1, 0.15) is 41.7 Å². The number of fused-ring (bicyclic) bond motifs is 2. The van der Waals surface area contributed by atoms with E-state index in [9.17, 15) is 23.9 Å². The molecule has 2 aliphatic rings. The molecule has 0 bridgehead atoms. The van der Waals surface area contributed by atoms with Crippen LogP contribution in [0.25, 0.3) is 11.0 Å². The first-order valence-electron chi connectivity index (χ1n) is 12.1. The highest BCUT2D eigenvalue weighted by atomic mass is 32.2. The van der Waals surface area contributed by atoms with Crippen molar-refractivity contribution in [2.75, 3.05) is 22.9 Å². The van der Waals surface area contributed by atoms with Crippen molar-refractivity contribution in [3.05, 3.63) is 51.7 Å². The number of hydrogen-bond acceptors (Lipinski definition) is 8. The zero-order valence-corrected chi connectivity index (χ0v) is 21.0. The van der Waals surface area contributed by atoms with Gasteiger partial charge in [0.2, 0.25) is 11.3 Å². The van der Waals surface area contributed by atoms with E-state index in [1.54, 1.807) is 7.05 Å². The number of nitrogens with zero attached hydrogens (tertiary/aromatic N) is 3. The van der Waals surface area contributed by atoms with Gasteiger partial charge in [-0.3, -0.25) is 9.59 Å². The third-order valence-electron chi connectivity index (χ3n) is 6.79. The number of pyridine rings is 3. The van der Waals surface area contributed by atoms with Gasteiger partial charge in [-0.15, -0.1) is 11.8 Å². The summed E-state index contributed by atoms with van der Waals surface area (Å²) < 4.78 is 16.2. The van der Waals surface area contributed by atoms with Gasteiger partial charge in [0.1, 0.15) is 17.0 Å². The number of anilines is 2. The summed E-state index contributed by atoms with van der Waals surface area (Å²) in [6.07, 6.45) is 4.83. The molecule has 1 amide bonds. The molecule has 37 heavy (non-hydrogen) atoms. The number of carbonyl (C=O) groups excluding carboxylic acids is 1. The Morgan fingerprint density at radius 2 is 2.03 bits per heavy atom. The summed E-state index contributed by atoms with van der Waals surface area (Å²) in [5, 5.41) is 18.6. The van der Waals surface area contributed by atoms with Gasteiger partial charge in [0, 0.05) is 25.8 Å². The minimum Gasteiger partial charge on any atom is -0.477 e. The molecule has 0 saturated heterocycles. The van der Waals surface area contributed by atoms with Crippen LogP contribution >= 0.6 is 11.8 Å². The standard InChI is InChI=1S/C25H27FN6O4S/c1-32-11-17(25(35)36)21(34)16-8-18(26)22(31-24(16)32)28-14-4-2-13(3-5-14)9-27-10-15-6-7-19-23(29-15)30-20(33)12-37-19/h6-8,11,13-14,27H,2-5,9-10,12H2,1H3,(H,28,31)(H,35,36)(H,29,30,33). The van der Waals surface area contributed by atoms with Gasteiger partial charge in [-0.1, -0.05) is 0 Å². The molecule has 3 aromatic rings. The van der Waals surface area contributed by atoms with Crippen LogP contribution in [0.3, 0.4) is 0 Å². The Balaban J connectivity index is 1.15. The number of carboxylic acids is 1. The van der Waals surface area contributed by atoms with Crippen molar-refractivity contribution in [2.45, 2.75) is 43.2 Å². The quantitative estimate of drug-likeness (QED) is 0.366. The van der Waals surface area contributed by atoms with Crippen LogP contribution in [0.15, 0.2) is 34.1 Å². The molecular formula is C25H27FN6O4S. The monoisotopic (exact) mass is 526 g/mol. The number of carbonyl (C=O) groups is 2. The molecule has 4 N–H and O–H groups in total. The summed E-state index contributed by atoms with van der Waals surface area (Å²) >= 11 is 1.49. The van der Waals surface area contributed by atoms with E-state index in [0.29, 0.717) is 24.0 Å². The number of aromatic nitrogens is 3. The Kier molecular flexibility index (Phi) is 7.11. The Morgan fingerprint density at radius 1 is 1.24 bits per heavy atom. The maximum absolute atomic E-state index is 14.8. The van der Waals surface area contributed by atoms with Gasteiger partial charge in [0.15, 0.2) is 11.6 Å². The van der Waals surface area contributed by atoms with Crippen LogP contribution in [-0.4, -0.2) is 49.9 Å². The number of halogens is 1. The van der Waals surface area contributed by atoms with Gasteiger partial charge in [-0.2, -0.15) is 0 Å². The fourth-order valence-electron chi connectivity index (χ4n) is 4.84. The number of amides is 1. The highest BCUT2D eigenvalue weighted by molar-refractivity contribution is 8.00. The highest BCUT2D eigenvalue weighted by Gasteiger charge is 2.24. The lowest BCUT2D eigenvalue weighted by Gasteiger charge is -2.29. The van der Waals surface area contributed by atoms with Crippen LogP contribution in [0.4, 0.5) is 16.0 Å². The topological polar surface area (TPSA) is 138 Å². The van der Waals surface area contributed by atoms with Crippen molar-refractivity contribution in [1.82, 2.24) is 19.9 Å². The van der Waals surface area contributed by atoms with Crippen molar-refractivity contribution in [3.63, 3.8) is 0 Å². The van der Waals surface area contributed by atoms with E-state index in [2.05, 4.69) is 25.9 Å². The molecule has 0 aromatic carbocycles. The summed E-state index contributed by atoms with van der Waals surface area (Å²) in [5.74, 6) is -0.474. The number of carboxylic acid groups (broad SMARTS) is 1. The lowest BCUT2D eigenvalue weighted by molar-refractivity contribution is -0.113. The SMILES string of the molecule is Cn1cc(C(=O)O)c(=O)c2cc(F)c(NC3CCC(CNCc4ccc5c(n4)NC(=O)CS5)CC3)nc21. The van der Waals surface area contributed by atoms with Crippen molar-refractivity contribution >= 4 is 46.3 Å². The van der Waals surface area contributed by atoms with Crippen molar-refractivity contribution < 1.29 is 19.1 Å². The van der Waals surface area contributed by atoms with Gasteiger partial charge in [-0.05, 0) is 56.3 Å². The number of rotatable bonds is 7. The highest BCUT2D eigenvalue weighted by Crippen LogP contribution is 2.30. The van der Waals surface area contributed by atoms with Gasteiger partial charge < -0.3 is 25.6 Å². The first-order chi connectivity index (χ1) is 17.8. The van der Waals surface area contributed by atoms with Crippen LogP contribution in [0, 0.1) is 11.7 Å². The van der Waals surface area contributed by atoms with E-state index < -0.39 is 22.8 Å². The fraction of sp³-hybridized carbons (Fsp3) is 0.400. The van der Waals surface area contributed by atoms with E-state index in [1.807, 2.05) is 12.1 Å². The van der Waals surface area contributed by atoms with Gasteiger partial charge in [0.05, 0.1) is 21.7 Å². The predicted octanol–water partition coefficient (Wildman–Crippen LogP) is 2.97. The van der Waals surface area contributed by atoms with Crippen molar-refractivity contribution in [2.24, 2.45) is 13.0 Å². The third kappa shape index (κ3) is 5.44. The maximum Gasteiger partial charge on any atom is 0.341 e. The van der Waals surface area contributed by atoms with Gasteiger partial charge >= 0.3 is 5.97 Å². The largest absolute Gasteiger partial charge is 0.477 e. The molecule has 4 heterocycles. The van der Waals surface area contributed by atoms with Crippen molar-refractivity contribution in [1.29, 1.82) is 0 Å². The molecule has 5 rings (SSSR count). The summed E-state index contributed by atoms with van der Waals surface area (Å²) in [5.41, 5.74) is -0.0665. The van der Waals surface area contributed by atoms with Gasteiger partial charge in [-0.25, -0.2) is 19.2 Å². The van der Waals surface area contributed by atoms with E-state index >= 15 is 0 Å². The fourth-order valence-corrected chi connectivity index (χ4v) is 5.59. The molecule has 194 valence electrons. The summed E-state index contributed by atoms with van der Waals surface area (Å²) in [4.78, 5) is 45.1. The van der Waals surface area contributed by atoms with Crippen LogP contribution in [0.5, 0.6) is 0 Å². The smallest absolute Gasteiger partial charge is 0.341 e. The summed E-state index contributed by atoms with van der Waals surface area (Å²) in [7, 11) is 1.58. The second kappa shape index (κ2) is 10.5. The molecule has 1 aliphatic heterocycles. The van der Waals surface area contributed by atoms with Crippen LogP contribution in [-0.2, 0) is 18.4 Å². The average Bonchev–Trinajstić information content (AvgIpc) is 2.87. The minimum absolute atomic E-state index is 0.0318. The number of hydrogen-bond donors (Lipinski definition) is 4. The summed E-state index contributed by atoms with van der Waals surface area (Å²) in [6.45, 7) is 1.45. The molecular weight excluding hydrogens is 499 g/mol. The van der Waals surface area contributed by atoms with E-state index in [-0.39, 0.29) is 28.8 Å². The number of thioether (sulfide) groups is 1. The Hall–Kier alpha value is -3.51. The second-order valence-electron chi connectivity index (χ2n) is 9.46. The van der Waals surface area contributed by atoms with Crippen LogP contribution in [0.2, 0.25) is 0 Å². The Labute approximate surface area is 216 Å². The lowest BCUT2D eigenvalue weighted by Crippen LogP contribution is -2.32. The van der Waals surface area contributed by atoms with E-state index in [4.69, 9.17) is 0 Å². The predicted molar refractivity (Wildman–Crippen MR) is 139 cm³/mol. The molecule has 0 radical (unpaired) electrons.